The van der Waals surface area contributed by atoms with Gasteiger partial charge in [0.2, 0.25) is 5.91 Å². The Kier molecular flexibility index (Phi) is 3.99. The van der Waals surface area contributed by atoms with Gasteiger partial charge in [-0.3, -0.25) is 9.69 Å². The summed E-state index contributed by atoms with van der Waals surface area (Å²) in [5.41, 5.74) is 1.92. The molecule has 0 radical (unpaired) electrons. The topological polar surface area (TPSA) is 61.0 Å². The molecule has 1 aromatic carbocycles. The van der Waals surface area contributed by atoms with Crippen molar-refractivity contribution in [2.75, 3.05) is 13.1 Å². The van der Waals surface area contributed by atoms with Crippen molar-refractivity contribution in [2.24, 2.45) is 0 Å². The van der Waals surface area contributed by atoms with E-state index in [1.165, 1.54) is 0 Å². The summed E-state index contributed by atoms with van der Waals surface area (Å²) < 4.78 is 0. The average molecular weight is 333 g/mol. The minimum atomic E-state index is 0.175. The van der Waals surface area contributed by atoms with E-state index in [4.69, 9.17) is 16.6 Å². The second kappa shape index (κ2) is 6.13. The number of carbonyl (C=O) groups is 1. The van der Waals surface area contributed by atoms with Gasteiger partial charge in [-0.15, -0.1) is 0 Å². The number of nitrogens with one attached hydrogen (secondary N) is 2. The van der Waals surface area contributed by atoms with Crippen LogP contribution in [0.5, 0.6) is 0 Å². The number of benzene rings is 1. The number of nitrogens with zero attached hydrogens (tertiary/aromatic N) is 2. The third-order valence-electron chi connectivity index (χ3n) is 4.71. The molecule has 1 atom stereocenters. The molecular formula is C17H21ClN4O. The van der Waals surface area contributed by atoms with Gasteiger partial charge in [-0.05, 0) is 50.4 Å². The summed E-state index contributed by atoms with van der Waals surface area (Å²) in [7, 11) is 0. The SMILES string of the molecule is O=C(CCN1CCCC1c1nc2ccc(Cl)cc2[nH]1)NC1CC1. The van der Waals surface area contributed by atoms with E-state index in [1.807, 2.05) is 18.2 Å². The highest BCUT2D eigenvalue weighted by molar-refractivity contribution is 6.31. The molecule has 1 aliphatic heterocycles. The average Bonchev–Trinajstić information content (AvgIpc) is 3.07. The fourth-order valence-electron chi connectivity index (χ4n) is 3.34. The van der Waals surface area contributed by atoms with Gasteiger partial charge in [0, 0.05) is 24.0 Å². The van der Waals surface area contributed by atoms with Crippen LogP contribution in [0, 0.1) is 0 Å². The maximum atomic E-state index is 11.9. The zero-order valence-corrected chi connectivity index (χ0v) is 13.8. The number of likely N-dealkylation sites (tertiary alicyclic amines) is 1. The normalized spacial score (nSPS) is 21.9. The number of halogens is 1. The largest absolute Gasteiger partial charge is 0.353 e. The van der Waals surface area contributed by atoms with E-state index in [2.05, 4.69) is 15.2 Å². The lowest BCUT2D eigenvalue weighted by molar-refractivity contribution is -0.121. The first kappa shape index (κ1) is 15.0. The molecule has 0 spiro atoms. The highest BCUT2D eigenvalue weighted by Crippen LogP contribution is 2.31. The van der Waals surface area contributed by atoms with Crippen molar-refractivity contribution in [2.45, 2.75) is 44.2 Å². The van der Waals surface area contributed by atoms with Gasteiger partial charge in [0.15, 0.2) is 0 Å². The lowest BCUT2D eigenvalue weighted by Gasteiger charge is -2.22. The molecule has 23 heavy (non-hydrogen) atoms. The molecule has 5 nitrogen and oxygen atoms in total. The predicted octanol–water partition coefficient (Wildman–Crippen LogP) is 3.02. The summed E-state index contributed by atoms with van der Waals surface area (Å²) in [5, 5.41) is 3.77. The Morgan fingerprint density at radius 1 is 1.39 bits per heavy atom. The van der Waals surface area contributed by atoms with Crippen molar-refractivity contribution >= 4 is 28.5 Å². The fraction of sp³-hybridized carbons (Fsp3) is 0.529. The molecule has 1 unspecified atom stereocenters. The molecule has 2 aromatic rings. The Morgan fingerprint density at radius 2 is 2.26 bits per heavy atom. The maximum Gasteiger partial charge on any atom is 0.221 e. The quantitative estimate of drug-likeness (QED) is 0.884. The van der Waals surface area contributed by atoms with Gasteiger partial charge < -0.3 is 10.3 Å². The van der Waals surface area contributed by atoms with Crippen molar-refractivity contribution in [3.05, 3.63) is 29.0 Å². The van der Waals surface area contributed by atoms with Crippen LogP contribution in [0.2, 0.25) is 5.02 Å². The molecule has 1 saturated carbocycles. The number of hydrogen-bond acceptors (Lipinski definition) is 3. The number of hydrogen-bond donors (Lipinski definition) is 2. The molecular weight excluding hydrogens is 312 g/mol. The van der Waals surface area contributed by atoms with Gasteiger partial charge in [0.1, 0.15) is 5.82 Å². The lowest BCUT2D eigenvalue weighted by Crippen LogP contribution is -2.32. The third-order valence-corrected chi connectivity index (χ3v) is 4.95. The smallest absolute Gasteiger partial charge is 0.221 e. The summed E-state index contributed by atoms with van der Waals surface area (Å²) in [5.74, 6) is 1.16. The second-order valence-electron chi connectivity index (χ2n) is 6.57. The van der Waals surface area contributed by atoms with Crippen molar-refractivity contribution in [3.63, 3.8) is 0 Å². The zero-order chi connectivity index (χ0) is 15.8. The summed E-state index contributed by atoms with van der Waals surface area (Å²) in [4.78, 5) is 22.4. The Morgan fingerprint density at radius 3 is 3.09 bits per heavy atom. The number of imidazole rings is 1. The van der Waals surface area contributed by atoms with Crippen LogP contribution < -0.4 is 5.32 Å². The van der Waals surface area contributed by atoms with Crippen LogP contribution in [0.3, 0.4) is 0 Å². The van der Waals surface area contributed by atoms with Crippen LogP contribution in [0.4, 0.5) is 0 Å². The van der Waals surface area contributed by atoms with Gasteiger partial charge in [-0.2, -0.15) is 0 Å². The molecule has 2 aliphatic rings. The first-order valence-electron chi connectivity index (χ1n) is 8.37. The van der Waals surface area contributed by atoms with Crippen LogP contribution in [0.1, 0.15) is 44.0 Å². The van der Waals surface area contributed by atoms with E-state index in [0.717, 1.165) is 55.6 Å². The first-order chi connectivity index (χ1) is 11.2. The monoisotopic (exact) mass is 332 g/mol. The standard InChI is InChI=1S/C17H21ClN4O/c18-11-3-6-13-14(10-11)21-17(20-13)15-2-1-8-22(15)9-7-16(23)19-12-4-5-12/h3,6,10,12,15H,1-2,4-5,7-9H2,(H,19,23)(H,20,21). The van der Waals surface area contributed by atoms with Crippen molar-refractivity contribution < 1.29 is 4.79 Å². The van der Waals surface area contributed by atoms with E-state index in [-0.39, 0.29) is 11.9 Å². The van der Waals surface area contributed by atoms with Gasteiger partial charge in [0.05, 0.1) is 17.1 Å². The summed E-state index contributed by atoms with van der Waals surface area (Å²) in [6, 6.07) is 6.44. The number of H-pyrrole nitrogens is 1. The minimum absolute atomic E-state index is 0.175. The Balaban J connectivity index is 1.44. The minimum Gasteiger partial charge on any atom is -0.353 e. The number of fused-ring (bicyclic) bond motifs is 1. The highest BCUT2D eigenvalue weighted by atomic mass is 35.5. The van der Waals surface area contributed by atoms with Crippen molar-refractivity contribution in [3.8, 4) is 0 Å². The Bertz CT molecular complexity index is 724. The molecule has 4 rings (SSSR count). The highest BCUT2D eigenvalue weighted by Gasteiger charge is 2.29. The van der Waals surface area contributed by atoms with Gasteiger partial charge in [0.25, 0.3) is 0 Å². The molecule has 2 heterocycles. The van der Waals surface area contributed by atoms with E-state index >= 15 is 0 Å². The fourth-order valence-corrected chi connectivity index (χ4v) is 3.51. The molecule has 122 valence electrons. The van der Waals surface area contributed by atoms with E-state index in [0.29, 0.717) is 17.5 Å². The molecule has 6 heteroatoms. The molecule has 2 N–H and O–H groups in total. The molecule has 2 fully saturated rings. The molecule has 1 aromatic heterocycles. The number of rotatable bonds is 5. The van der Waals surface area contributed by atoms with Crippen LogP contribution in [0.25, 0.3) is 11.0 Å². The Hall–Kier alpha value is -1.59. The Labute approximate surface area is 140 Å². The number of aromatic nitrogens is 2. The summed E-state index contributed by atoms with van der Waals surface area (Å²) >= 11 is 6.04. The van der Waals surface area contributed by atoms with Crippen molar-refractivity contribution in [1.29, 1.82) is 0 Å². The predicted molar refractivity (Wildman–Crippen MR) is 90.4 cm³/mol. The van der Waals surface area contributed by atoms with Crippen LogP contribution in [0.15, 0.2) is 18.2 Å². The van der Waals surface area contributed by atoms with Gasteiger partial charge in [-0.1, -0.05) is 11.6 Å². The lowest BCUT2D eigenvalue weighted by atomic mass is 10.2. The van der Waals surface area contributed by atoms with Crippen LogP contribution >= 0.6 is 11.6 Å². The van der Waals surface area contributed by atoms with Crippen LogP contribution in [-0.2, 0) is 4.79 Å². The van der Waals surface area contributed by atoms with E-state index < -0.39 is 0 Å². The maximum absolute atomic E-state index is 11.9. The van der Waals surface area contributed by atoms with Crippen LogP contribution in [-0.4, -0.2) is 39.9 Å². The zero-order valence-electron chi connectivity index (χ0n) is 13.0. The number of aromatic amines is 1. The van der Waals surface area contributed by atoms with Crippen molar-refractivity contribution in [1.82, 2.24) is 20.2 Å². The summed E-state index contributed by atoms with van der Waals surface area (Å²) in [6.07, 6.45) is 5.07. The number of carbonyl (C=O) groups excluding carboxylic acids is 1. The molecule has 1 amide bonds. The first-order valence-corrected chi connectivity index (χ1v) is 8.75. The molecule has 1 aliphatic carbocycles. The van der Waals surface area contributed by atoms with E-state index in [1.54, 1.807) is 0 Å². The van der Waals surface area contributed by atoms with E-state index in [9.17, 15) is 4.79 Å². The summed E-state index contributed by atoms with van der Waals surface area (Å²) in [6.45, 7) is 1.82. The van der Waals surface area contributed by atoms with Gasteiger partial charge >= 0.3 is 0 Å². The molecule has 1 saturated heterocycles. The van der Waals surface area contributed by atoms with Gasteiger partial charge in [-0.25, -0.2) is 4.98 Å². The molecule has 0 bridgehead atoms. The number of amides is 1. The second-order valence-corrected chi connectivity index (χ2v) is 7.01. The third kappa shape index (κ3) is 3.35.